The molecule has 1 radical (unpaired) electrons. The van der Waals surface area contributed by atoms with Crippen LogP contribution in [0.2, 0.25) is 0 Å². The number of aromatic nitrogens is 2. The first kappa shape index (κ1) is 35.4. The van der Waals surface area contributed by atoms with Gasteiger partial charge in [0.05, 0.1) is 0 Å². The van der Waals surface area contributed by atoms with Crippen molar-refractivity contribution in [1.82, 2.24) is 9.97 Å². The van der Waals surface area contributed by atoms with Gasteiger partial charge >= 0.3 is 0 Å². The molecule has 0 fully saturated rings. The number of nitrogens with zero attached hydrogens (tertiary/aromatic N) is 2. The number of pyridine rings is 2. The van der Waals surface area contributed by atoms with E-state index in [-0.39, 0.29) is 20.1 Å². The molecule has 0 bridgehead atoms. The summed E-state index contributed by atoms with van der Waals surface area (Å²) in [6.45, 7) is 4.51. The first-order valence-electron chi connectivity index (χ1n) is 17.1. The Kier molecular flexibility index (Phi) is 11.8. The van der Waals surface area contributed by atoms with Gasteiger partial charge in [0.1, 0.15) is 0 Å². The van der Waals surface area contributed by atoms with Gasteiger partial charge < -0.3 is 9.97 Å². The number of fused-ring (bicyclic) bond motifs is 1. The Morgan fingerprint density at radius 2 is 1.06 bits per heavy atom. The van der Waals surface area contributed by atoms with E-state index >= 15 is 0 Å². The topological polar surface area (TPSA) is 25.8 Å². The normalized spacial score (nSPS) is 10.6. The zero-order valence-corrected chi connectivity index (χ0v) is 31.2. The molecule has 0 aliphatic heterocycles. The van der Waals surface area contributed by atoms with Crippen LogP contribution in [-0.2, 0) is 26.5 Å². The molecule has 8 aromatic rings. The summed E-state index contributed by atoms with van der Waals surface area (Å²) in [5.74, 6) is 0.678. The van der Waals surface area contributed by atoms with Gasteiger partial charge in [0, 0.05) is 32.5 Å². The summed E-state index contributed by atoms with van der Waals surface area (Å²) in [6, 6.07) is 63.4. The molecule has 51 heavy (non-hydrogen) atoms. The zero-order valence-electron chi connectivity index (χ0n) is 28.8. The van der Waals surface area contributed by atoms with Crippen LogP contribution in [0.5, 0.6) is 0 Å². The van der Waals surface area contributed by atoms with Gasteiger partial charge in [-0.05, 0) is 73.9 Å². The molecule has 0 aliphatic rings. The molecular formula is C48H38IrN2-2. The second-order valence-corrected chi connectivity index (χ2v) is 12.9. The number of rotatable bonds is 7. The molecular weight excluding hydrogens is 797 g/mol. The fourth-order valence-corrected chi connectivity index (χ4v) is 6.13. The molecule has 0 saturated heterocycles. The third kappa shape index (κ3) is 9.01. The van der Waals surface area contributed by atoms with Crippen molar-refractivity contribution < 1.29 is 20.1 Å². The van der Waals surface area contributed by atoms with Crippen LogP contribution in [0, 0.1) is 18.1 Å². The Morgan fingerprint density at radius 1 is 0.471 bits per heavy atom. The van der Waals surface area contributed by atoms with E-state index in [1.807, 2.05) is 60.9 Å². The molecule has 0 atom stereocenters. The van der Waals surface area contributed by atoms with Gasteiger partial charge in [-0.3, -0.25) is 0 Å². The maximum atomic E-state index is 4.63. The Labute approximate surface area is 315 Å². The molecule has 2 nitrogen and oxygen atoms in total. The maximum absolute atomic E-state index is 4.63. The average Bonchev–Trinajstić information content (AvgIpc) is 3.19. The molecule has 0 spiro atoms. The predicted molar refractivity (Wildman–Crippen MR) is 209 cm³/mol. The van der Waals surface area contributed by atoms with Crippen molar-refractivity contribution >= 4 is 10.8 Å². The molecule has 2 heterocycles. The van der Waals surface area contributed by atoms with Crippen molar-refractivity contribution in [3.05, 3.63) is 194 Å². The minimum atomic E-state index is 0. The van der Waals surface area contributed by atoms with Gasteiger partial charge in [-0.15, -0.1) is 71.3 Å². The minimum absolute atomic E-state index is 0. The molecule has 0 amide bonds. The zero-order chi connectivity index (χ0) is 34.1. The Morgan fingerprint density at radius 3 is 1.76 bits per heavy atom. The fourth-order valence-electron chi connectivity index (χ4n) is 6.13. The second kappa shape index (κ2) is 17.0. The number of hydrogen-bond acceptors (Lipinski definition) is 2. The van der Waals surface area contributed by atoms with Gasteiger partial charge in [-0.1, -0.05) is 129 Å². The van der Waals surface area contributed by atoms with Crippen molar-refractivity contribution in [2.45, 2.75) is 20.3 Å². The summed E-state index contributed by atoms with van der Waals surface area (Å²) in [5.41, 5.74) is 12.6. The maximum Gasteiger partial charge on any atom is 0.0239 e. The largest absolute Gasteiger partial charge is 0.305 e. The fraction of sp³-hybridized carbons (Fsp3) is 0.0833. The summed E-state index contributed by atoms with van der Waals surface area (Å²) >= 11 is 0. The first-order valence-corrected chi connectivity index (χ1v) is 17.1. The van der Waals surface area contributed by atoms with Gasteiger partial charge in [0.15, 0.2) is 0 Å². The van der Waals surface area contributed by atoms with Crippen LogP contribution in [0.1, 0.15) is 19.4 Å². The average molecular weight is 835 g/mol. The molecule has 8 rings (SSSR count). The summed E-state index contributed by atoms with van der Waals surface area (Å²) in [4.78, 5) is 9.10. The second-order valence-electron chi connectivity index (χ2n) is 12.9. The molecule has 2 aromatic heterocycles. The van der Waals surface area contributed by atoms with E-state index in [2.05, 4.69) is 151 Å². The molecule has 0 unspecified atom stereocenters. The SMILES string of the molecule is CC(C)Cc1ccc(-c2cc[c-]c(-c3cc4ccccc4cn3)c2)cc1.[Ir].[c-]1ccccc1-c1cc(-c2ccc(-c3ccccc3)cc2)ccn1. The van der Waals surface area contributed by atoms with E-state index in [0.29, 0.717) is 5.92 Å². The van der Waals surface area contributed by atoms with Crippen LogP contribution < -0.4 is 0 Å². The molecule has 251 valence electrons. The van der Waals surface area contributed by atoms with Crippen molar-refractivity contribution in [3.8, 4) is 55.9 Å². The Balaban J connectivity index is 0.000000173. The number of benzene rings is 6. The first-order chi connectivity index (χ1) is 24.6. The monoisotopic (exact) mass is 835 g/mol. The standard InChI is InChI=1S/C25H22N.C23H16N.Ir/c1-18(2)14-19-10-12-20(13-11-19)21-8-5-9-23(15-21)25-16-22-6-3-4-7-24(22)17-26-25;1-3-7-18(8-4-1)19-11-13-20(14-12-19)22-15-16-24-23(17-22)21-9-5-2-6-10-21;/h3-8,10-13,15-18H,14H2,1-2H3;1-9,11-17H;/q2*-1;. The number of hydrogen-bond donors (Lipinski definition) is 0. The van der Waals surface area contributed by atoms with Crippen molar-refractivity contribution in [1.29, 1.82) is 0 Å². The predicted octanol–water partition coefficient (Wildman–Crippen LogP) is 12.4. The molecule has 0 saturated carbocycles. The Hall–Kier alpha value is -5.47. The van der Waals surface area contributed by atoms with Crippen LogP contribution in [0.3, 0.4) is 0 Å². The third-order valence-electron chi connectivity index (χ3n) is 8.71. The van der Waals surface area contributed by atoms with Gasteiger partial charge in [-0.25, -0.2) is 0 Å². The summed E-state index contributed by atoms with van der Waals surface area (Å²) in [6.07, 6.45) is 4.91. The van der Waals surface area contributed by atoms with E-state index in [0.717, 1.165) is 39.9 Å². The quantitative estimate of drug-likeness (QED) is 0.150. The van der Waals surface area contributed by atoms with Crippen LogP contribution >= 0.6 is 0 Å². The molecule has 6 aromatic carbocycles. The summed E-state index contributed by atoms with van der Waals surface area (Å²) < 4.78 is 0. The van der Waals surface area contributed by atoms with Crippen LogP contribution in [-0.4, -0.2) is 9.97 Å². The van der Waals surface area contributed by atoms with E-state index in [4.69, 9.17) is 0 Å². The van der Waals surface area contributed by atoms with E-state index in [1.165, 1.54) is 38.8 Å². The van der Waals surface area contributed by atoms with E-state index < -0.39 is 0 Å². The van der Waals surface area contributed by atoms with Crippen molar-refractivity contribution in [2.24, 2.45) is 5.92 Å². The summed E-state index contributed by atoms with van der Waals surface area (Å²) in [5, 5.41) is 2.36. The van der Waals surface area contributed by atoms with E-state index in [9.17, 15) is 0 Å². The molecule has 0 N–H and O–H groups in total. The van der Waals surface area contributed by atoms with Crippen molar-refractivity contribution in [2.75, 3.05) is 0 Å². The summed E-state index contributed by atoms with van der Waals surface area (Å²) in [7, 11) is 0. The third-order valence-corrected chi connectivity index (χ3v) is 8.71. The van der Waals surface area contributed by atoms with Crippen LogP contribution in [0.25, 0.3) is 66.7 Å². The van der Waals surface area contributed by atoms with E-state index in [1.54, 1.807) is 0 Å². The molecule has 3 heteroatoms. The minimum Gasteiger partial charge on any atom is -0.305 e. The molecule has 0 aliphatic carbocycles. The Bertz CT molecular complexity index is 2300. The van der Waals surface area contributed by atoms with Crippen molar-refractivity contribution in [3.63, 3.8) is 0 Å². The van der Waals surface area contributed by atoms with Crippen LogP contribution in [0.15, 0.2) is 176 Å². The van der Waals surface area contributed by atoms with Gasteiger partial charge in [-0.2, -0.15) is 0 Å². The van der Waals surface area contributed by atoms with Crippen LogP contribution in [0.4, 0.5) is 0 Å². The van der Waals surface area contributed by atoms with Gasteiger partial charge in [0.25, 0.3) is 0 Å². The van der Waals surface area contributed by atoms with Gasteiger partial charge in [0.2, 0.25) is 0 Å². The smallest absolute Gasteiger partial charge is 0.0239 e.